The molecule has 6 heteroatoms. The molecule has 0 unspecified atom stereocenters. The Hall–Kier alpha value is -1.22. The number of nitrogens with one attached hydrogen (secondary N) is 1. The molecular formula is C10H14N2O3S. The van der Waals surface area contributed by atoms with E-state index in [4.69, 9.17) is 10.4 Å². The van der Waals surface area contributed by atoms with Gasteiger partial charge in [0.1, 0.15) is 5.54 Å². The van der Waals surface area contributed by atoms with Crippen LogP contribution in [0.25, 0.3) is 0 Å². The van der Waals surface area contributed by atoms with E-state index in [0.717, 1.165) is 12.8 Å². The second-order valence-corrected chi connectivity index (χ2v) is 4.78. The van der Waals surface area contributed by atoms with Gasteiger partial charge in [-0.05, 0) is 12.8 Å². The van der Waals surface area contributed by atoms with E-state index in [0.29, 0.717) is 12.8 Å². The number of carbonyl (C=O) groups excluding carboxylic acids is 1. The standard InChI is InChI=1S/C10H14N2O3S/c11-5-6-16-7-8(13)12-10(9(14)15)3-1-2-4-10/h1-4,6-7H2,(H,12,13)(H,14,15). The van der Waals surface area contributed by atoms with Gasteiger partial charge in [0.15, 0.2) is 0 Å². The normalized spacial score (nSPS) is 17.7. The molecule has 16 heavy (non-hydrogen) atoms. The number of nitrogens with zero attached hydrogens (tertiary/aromatic N) is 1. The van der Waals surface area contributed by atoms with Crippen LogP contribution in [-0.4, -0.2) is 34.0 Å². The zero-order valence-electron chi connectivity index (χ0n) is 8.86. The monoisotopic (exact) mass is 242 g/mol. The molecule has 1 fully saturated rings. The van der Waals surface area contributed by atoms with E-state index in [1.54, 1.807) is 0 Å². The molecule has 5 nitrogen and oxygen atoms in total. The molecule has 0 aromatic heterocycles. The van der Waals surface area contributed by atoms with Gasteiger partial charge in [-0.2, -0.15) is 5.26 Å². The second-order valence-electron chi connectivity index (χ2n) is 3.79. The molecule has 1 aliphatic rings. The Balaban J connectivity index is 2.47. The Labute approximate surface area is 98.2 Å². The highest BCUT2D eigenvalue weighted by Gasteiger charge is 2.42. The number of aliphatic carboxylic acids is 1. The van der Waals surface area contributed by atoms with Crippen LogP contribution in [0.3, 0.4) is 0 Å². The Kier molecular flexibility index (Phi) is 4.62. The van der Waals surface area contributed by atoms with Gasteiger partial charge in [-0.15, -0.1) is 11.8 Å². The maximum atomic E-state index is 11.5. The summed E-state index contributed by atoms with van der Waals surface area (Å²) in [5.41, 5.74) is -1.07. The Bertz CT molecular complexity index is 319. The lowest BCUT2D eigenvalue weighted by atomic mass is 9.98. The third-order valence-corrected chi connectivity index (χ3v) is 3.44. The summed E-state index contributed by atoms with van der Waals surface area (Å²) in [5.74, 6) is -0.871. The van der Waals surface area contributed by atoms with Gasteiger partial charge >= 0.3 is 5.97 Å². The minimum absolute atomic E-state index is 0.141. The van der Waals surface area contributed by atoms with Gasteiger partial charge in [-0.3, -0.25) is 4.79 Å². The fourth-order valence-corrected chi connectivity index (χ4v) is 2.31. The number of hydrogen-bond acceptors (Lipinski definition) is 4. The van der Waals surface area contributed by atoms with Crippen molar-refractivity contribution >= 4 is 23.6 Å². The molecule has 0 aromatic rings. The van der Waals surface area contributed by atoms with E-state index >= 15 is 0 Å². The molecule has 0 bridgehead atoms. The van der Waals surface area contributed by atoms with Crippen molar-refractivity contribution in [3.63, 3.8) is 0 Å². The Morgan fingerprint density at radius 1 is 1.44 bits per heavy atom. The summed E-state index contributed by atoms with van der Waals surface area (Å²) in [4.78, 5) is 22.6. The molecule has 0 atom stereocenters. The zero-order valence-corrected chi connectivity index (χ0v) is 9.68. The van der Waals surface area contributed by atoms with Gasteiger partial charge in [-0.1, -0.05) is 12.8 Å². The number of carboxylic acid groups (broad SMARTS) is 1. The maximum absolute atomic E-state index is 11.5. The van der Waals surface area contributed by atoms with E-state index in [9.17, 15) is 9.59 Å². The molecule has 1 rings (SSSR count). The topological polar surface area (TPSA) is 90.2 Å². The van der Waals surface area contributed by atoms with Crippen LogP contribution in [0.15, 0.2) is 0 Å². The molecule has 0 saturated heterocycles. The molecule has 88 valence electrons. The van der Waals surface area contributed by atoms with Crippen LogP contribution in [0, 0.1) is 11.3 Å². The van der Waals surface area contributed by atoms with E-state index in [1.165, 1.54) is 11.8 Å². The number of amides is 1. The summed E-state index contributed by atoms with van der Waals surface area (Å²) in [7, 11) is 0. The summed E-state index contributed by atoms with van der Waals surface area (Å²) in [6.07, 6.45) is 2.66. The minimum atomic E-state index is -1.07. The molecule has 0 aliphatic heterocycles. The van der Waals surface area contributed by atoms with Crippen molar-refractivity contribution in [2.24, 2.45) is 0 Å². The van der Waals surface area contributed by atoms with Crippen molar-refractivity contribution in [2.75, 3.05) is 11.5 Å². The van der Waals surface area contributed by atoms with Crippen LogP contribution >= 0.6 is 11.8 Å². The SMILES string of the molecule is N#CCSCC(=O)NC1(C(=O)O)CCCC1. The maximum Gasteiger partial charge on any atom is 0.329 e. The zero-order chi connectivity index (χ0) is 12.0. The molecule has 0 radical (unpaired) electrons. The molecular weight excluding hydrogens is 228 g/mol. The number of thioether (sulfide) groups is 1. The summed E-state index contributed by atoms with van der Waals surface area (Å²) < 4.78 is 0. The first-order chi connectivity index (χ1) is 7.60. The van der Waals surface area contributed by atoms with Crippen LogP contribution in [0.4, 0.5) is 0 Å². The van der Waals surface area contributed by atoms with Gasteiger partial charge in [0, 0.05) is 0 Å². The largest absolute Gasteiger partial charge is 0.480 e. The summed E-state index contributed by atoms with van der Waals surface area (Å²) in [6, 6.07) is 1.92. The highest BCUT2D eigenvalue weighted by Crippen LogP contribution is 2.29. The molecule has 1 amide bonds. The lowest BCUT2D eigenvalue weighted by Crippen LogP contribution is -2.53. The summed E-state index contributed by atoms with van der Waals surface area (Å²) in [5, 5.41) is 20.0. The third-order valence-electron chi connectivity index (χ3n) is 2.64. The lowest BCUT2D eigenvalue weighted by Gasteiger charge is -2.25. The van der Waals surface area contributed by atoms with E-state index in [-0.39, 0.29) is 17.4 Å². The number of rotatable bonds is 5. The second kappa shape index (κ2) is 5.75. The average molecular weight is 242 g/mol. The number of nitriles is 1. The van der Waals surface area contributed by atoms with E-state index in [2.05, 4.69) is 5.32 Å². The predicted molar refractivity (Wildman–Crippen MR) is 59.9 cm³/mol. The third kappa shape index (κ3) is 3.14. The number of carboxylic acids is 1. The molecule has 2 N–H and O–H groups in total. The van der Waals surface area contributed by atoms with Crippen molar-refractivity contribution in [3.05, 3.63) is 0 Å². The lowest BCUT2D eigenvalue weighted by molar-refractivity contribution is -0.147. The van der Waals surface area contributed by atoms with E-state index in [1.807, 2.05) is 6.07 Å². The highest BCUT2D eigenvalue weighted by atomic mass is 32.2. The van der Waals surface area contributed by atoms with Crippen LogP contribution in [0.5, 0.6) is 0 Å². The molecule has 0 spiro atoms. The van der Waals surface area contributed by atoms with Crippen molar-refractivity contribution in [2.45, 2.75) is 31.2 Å². The first-order valence-electron chi connectivity index (χ1n) is 5.10. The Morgan fingerprint density at radius 2 is 2.06 bits per heavy atom. The van der Waals surface area contributed by atoms with E-state index < -0.39 is 11.5 Å². The van der Waals surface area contributed by atoms with Crippen molar-refractivity contribution in [3.8, 4) is 6.07 Å². The van der Waals surface area contributed by atoms with Gasteiger partial charge in [0.2, 0.25) is 5.91 Å². The number of hydrogen-bond donors (Lipinski definition) is 2. The highest BCUT2D eigenvalue weighted by molar-refractivity contribution is 8.00. The van der Waals surface area contributed by atoms with Crippen molar-refractivity contribution < 1.29 is 14.7 Å². The summed E-state index contributed by atoms with van der Waals surface area (Å²) >= 11 is 1.19. The minimum Gasteiger partial charge on any atom is -0.480 e. The predicted octanol–water partition coefficient (Wildman–Crippen LogP) is 0.757. The van der Waals surface area contributed by atoms with Gasteiger partial charge < -0.3 is 10.4 Å². The van der Waals surface area contributed by atoms with Crippen LogP contribution < -0.4 is 5.32 Å². The van der Waals surface area contributed by atoms with Gasteiger partial charge in [-0.25, -0.2) is 4.79 Å². The van der Waals surface area contributed by atoms with Gasteiger partial charge in [0.25, 0.3) is 0 Å². The molecule has 0 aromatic carbocycles. The smallest absolute Gasteiger partial charge is 0.329 e. The molecule has 1 saturated carbocycles. The fourth-order valence-electron chi connectivity index (χ4n) is 1.86. The van der Waals surface area contributed by atoms with Crippen molar-refractivity contribution in [1.29, 1.82) is 5.26 Å². The molecule has 1 aliphatic carbocycles. The molecule has 0 heterocycles. The van der Waals surface area contributed by atoms with Crippen molar-refractivity contribution in [1.82, 2.24) is 5.32 Å². The fraction of sp³-hybridized carbons (Fsp3) is 0.700. The number of carbonyl (C=O) groups is 2. The first-order valence-corrected chi connectivity index (χ1v) is 6.25. The summed E-state index contributed by atoms with van der Waals surface area (Å²) in [6.45, 7) is 0. The van der Waals surface area contributed by atoms with Crippen LogP contribution in [0.1, 0.15) is 25.7 Å². The first kappa shape index (κ1) is 12.8. The Morgan fingerprint density at radius 3 is 2.56 bits per heavy atom. The average Bonchev–Trinajstić information content (AvgIpc) is 2.68. The van der Waals surface area contributed by atoms with Crippen LogP contribution in [0.2, 0.25) is 0 Å². The quantitative estimate of drug-likeness (QED) is 0.694. The van der Waals surface area contributed by atoms with Crippen LogP contribution in [-0.2, 0) is 9.59 Å². The van der Waals surface area contributed by atoms with Gasteiger partial charge in [0.05, 0.1) is 17.6 Å².